The highest BCUT2D eigenvalue weighted by atomic mass is 35.5. The minimum atomic E-state index is -0.419. The van der Waals surface area contributed by atoms with E-state index < -0.39 is 5.91 Å². The predicted octanol–water partition coefficient (Wildman–Crippen LogP) is 4.52. The molecule has 1 saturated heterocycles. The molecule has 3 aromatic rings. The fraction of sp³-hybridized carbons (Fsp3) is 0.125. The minimum absolute atomic E-state index is 0.184. The van der Waals surface area contributed by atoms with Gasteiger partial charge in [0.15, 0.2) is 0 Å². The Morgan fingerprint density at radius 1 is 0.939 bits per heavy atom. The molecule has 0 spiro atoms. The maximum absolute atomic E-state index is 12.8. The Hall–Kier alpha value is -3.49. The zero-order valence-corrected chi connectivity index (χ0v) is 19.2. The first-order valence-corrected chi connectivity index (χ1v) is 11.4. The minimum Gasteiger partial charge on any atom is -0.497 e. The molecule has 0 saturated carbocycles. The standard InChI is InChI=1S/C24H20ClN3O4S/c1-32-20-12-6-15(7-13-20)22(30)26-19-10-4-16(5-11-19)23(31)27-28-21(29)14-33-24(28)17-2-8-18(25)9-3-17/h2-13,24H,14H2,1H3,(H,26,30)(H,27,31). The van der Waals surface area contributed by atoms with Crippen LogP contribution in [0, 0.1) is 0 Å². The molecule has 0 aliphatic carbocycles. The first-order valence-electron chi connectivity index (χ1n) is 10.00. The predicted molar refractivity (Wildman–Crippen MR) is 128 cm³/mol. The number of hydrazine groups is 1. The van der Waals surface area contributed by atoms with Gasteiger partial charge in [0, 0.05) is 21.8 Å². The number of benzene rings is 3. The largest absolute Gasteiger partial charge is 0.497 e. The highest BCUT2D eigenvalue weighted by Crippen LogP contribution is 2.37. The van der Waals surface area contributed by atoms with Crippen molar-refractivity contribution >= 4 is 46.8 Å². The quantitative estimate of drug-likeness (QED) is 0.540. The number of hydrogen-bond acceptors (Lipinski definition) is 5. The lowest BCUT2D eigenvalue weighted by molar-refractivity contribution is -0.130. The van der Waals surface area contributed by atoms with Gasteiger partial charge >= 0.3 is 0 Å². The van der Waals surface area contributed by atoms with Crippen LogP contribution in [0.5, 0.6) is 5.75 Å². The van der Waals surface area contributed by atoms with Crippen LogP contribution >= 0.6 is 23.4 Å². The van der Waals surface area contributed by atoms with Gasteiger partial charge in [-0.15, -0.1) is 11.8 Å². The van der Waals surface area contributed by atoms with Gasteiger partial charge in [-0.25, -0.2) is 5.01 Å². The van der Waals surface area contributed by atoms with Crippen molar-refractivity contribution in [2.45, 2.75) is 5.37 Å². The summed E-state index contributed by atoms with van der Waals surface area (Å²) in [6.45, 7) is 0. The maximum atomic E-state index is 12.8. The number of amides is 3. The number of carbonyl (C=O) groups is 3. The lowest BCUT2D eigenvalue weighted by Crippen LogP contribution is -2.44. The van der Waals surface area contributed by atoms with E-state index in [0.29, 0.717) is 27.6 Å². The average molecular weight is 482 g/mol. The van der Waals surface area contributed by atoms with Crippen LogP contribution in [0.4, 0.5) is 5.69 Å². The van der Waals surface area contributed by atoms with Crippen LogP contribution in [0.2, 0.25) is 5.02 Å². The van der Waals surface area contributed by atoms with Gasteiger partial charge in [-0.3, -0.25) is 19.8 Å². The third-order valence-corrected chi connectivity index (χ3v) is 6.47. The number of methoxy groups -OCH3 is 1. The van der Waals surface area contributed by atoms with Crippen molar-refractivity contribution in [2.75, 3.05) is 18.2 Å². The molecule has 3 amide bonds. The normalized spacial score (nSPS) is 15.3. The lowest BCUT2D eigenvalue weighted by Gasteiger charge is -2.24. The molecule has 1 unspecified atom stereocenters. The summed E-state index contributed by atoms with van der Waals surface area (Å²) in [7, 11) is 1.56. The number of hydrogen-bond donors (Lipinski definition) is 2. The number of ether oxygens (including phenoxy) is 1. The molecular weight excluding hydrogens is 462 g/mol. The average Bonchev–Trinajstić information content (AvgIpc) is 3.20. The summed E-state index contributed by atoms with van der Waals surface area (Å²) in [6, 6.07) is 20.3. The van der Waals surface area contributed by atoms with E-state index in [9.17, 15) is 14.4 Å². The molecule has 0 bridgehead atoms. The van der Waals surface area contributed by atoms with Gasteiger partial charge in [-0.1, -0.05) is 23.7 Å². The molecule has 33 heavy (non-hydrogen) atoms. The zero-order valence-electron chi connectivity index (χ0n) is 17.6. The molecule has 1 aliphatic heterocycles. The van der Waals surface area contributed by atoms with E-state index in [1.165, 1.54) is 16.8 Å². The van der Waals surface area contributed by atoms with Crippen LogP contribution in [0.3, 0.4) is 0 Å². The van der Waals surface area contributed by atoms with E-state index in [1.807, 2.05) is 12.1 Å². The fourth-order valence-corrected chi connectivity index (χ4v) is 4.48. The van der Waals surface area contributed by atoms with Gasteiger partial charge < -0.3 is 10.1 Å². The number of nitrogens with one attached hydrogen (secondary N) is 2. The summed E-state index contributed by atoms with van der Waals surface area (Å²) in [5.41, 5.74) is 4.95. The number of nitrogens with zero attached hydrogens (tertiary/aromatic N) is 1. The lowest BCUT2D eigenvalue weighted by atomic mass is 10.1. The monoisotopic (exact) mass is 481 g/mol. The van der Waals surface area contributed by atoms with Crippen LogP contribution in [0.1, 0.15) is 31.7 Å². The zero-order chi connectivity index (χ0) is 23.4. The van der Waals surface area contributed by atoms with Crippen LogP contribution in [-0.2, 0) is 4.79 Å². The first kappa shape index (κ1) is 22.7. The number of halogens is 1. The van der Waals surface area contributed by atoms with Gasteiger partial charge in [-0.05, 0) is 66.2 Å². The second-order valence-corrected chi connectivity index (χ2v) is 8.68. The van der Waals surface area contributed by atoms with Crippen molar-refractivity contribution in [3.05, 3.63) is 94.5 Å². The van der Waals surface area contributed by atoms with E-state index >= 15 is 0 Å². The highest BCUT2D eigenvalue weighted by Gasteiger charge is 2.34. The summed E-state index contributed by atoms with van der Waals surface area (Å²) in [5, 5.41) is 4.40. The number of carbonyl (C=O) groups excluding carboxylic acids is 3. The van der Waals surface area contributed by atoms with Gasteiger partial charge in [-0.2, -0.15) is 0 Å². The molecule has 0 aromatic heterocycles. The summed E-state index contributed by atoms with van der Waals surface area (Å²) < 4.78 is 5.09. The van der Waals surface area contributed by atoms with E-state index in [4.69, 9.17) is 16.3 Å². The molecule has 3 aromatic carbocycles. The fourth-order valence-electron chi connectivity index (χ4n) is 3.24. The molecule has 1 heterocycles. The third kappa shape index (κ3) is 5.30. The molecule has 1 aliphatic rings. The van der Waals surface area contributed by atoms with Crippen molar-refractivity contribution in [2.24, 2.45) is 0 Å². The second-order valence-electron chi connectivity index (χ2n) is 7.18. The smallest absolute Gasteiger partial charge is 0.269 e. The van der Waals surface area contributed by atoms with E-state index in [2.05, 4.69) is 10.7 Å². The van der Waals surface area contributed by atoms with Gasteiger partial charge in [0.05, 0.1) is 12.9 Å². The van der Waals surface area contributed by atoms with E-state index in [1.54, 1.807) is 67.8 Å². The van der Waals surface area contributed by atoms with Crippen molar-refractivity contribution in [3.8, 4) is 5.75 Å². The second kappa shape index (κ2) is 9.97. The van der Waals surface area contributed by atoms with Gasteiger partial charge in [0.2, 0.25) is 0 Å². The molecule has 4 rings (SSSR count). The van der Waals surface area contributed by atoms with E-state index in [0.717, 1.165) is 5.56 Å². The van der Waals surface area contributed by atoms with Crippen molar-refractivity contribution in [1.29, 1.82) is 0 Å². The van der Waals surface area contributed by atoms with Crippen LogP contribution in [0.15, 0.2) is 72.8 Å². The number of anilines is 1. The maximum Gasteiger partial charge on any atom is 0.269 e. The Balaban J connectivity index is 1.40. The molecule has 9 heteroatoms. The summed E-state index contributed by atoms with van der Waals surface area (Å²) >= 11 is 7.38. The van der Waals surface area contributed by atoms with E-state index in [-0.39, 0.29) is 22.9 Å². The van der Waals surface area contributed by atoms with Gasteiger partial charge in [0.25, 0.3) is 17.7 Å². The Morgan fingerprint density at radius 3 is 2.18 bits per heavy atom. The van der Waals surface area contributed by atoms with Crippen molar-refractivity contribution < 1.29 is 19.1 Å². The third-order valence-electron chi connectivity index (χ3n) is 5.00. The first-order chi connectivity index (χ1) is 15.9. The Labute approximate surface area is 200 Å². The van der Waals surface area contributed by atoms with Crippen LogP contribution in [0.25, 0.3) is 0 Å². The molecule has 1 fully saturated rings. The van der Waals surface area contributed by atoms with Crippen molar-refractivity contribution in [3.63, 3.8) is 0 Å². The molecule has 0 radical (unpaired) electrons. The Bertz CT molecular complexity index is 1170. The molecule has 2 N–H and O–H groups in total. The Morgan fingerprint density at radius 2 is 1.55 bits per heavy atom. The Kier molecular flexibility index (Phi) is 6.86. The van der Waals surface area contributed by atoms with Gasteiger partial charge in [0.1, 0.15) is 11.1 Å². The highest BCUT2D eigenvalue weighted by molar-refractivity contribution is 8.00. The molecule has 1 atom stereocenters. The molecular formula is C24H20ClN3O4S. The SMILES string of the molecule is COc1ccc(C(=O)Nc2ccc(C(=O)NN3C(=O)CSC3c3ccc(Cl)cc3)cc2)cc1. The van der Waals surface area contributed by atoms with Crippen molar-refractivity contribution in [1.82, 2.24) is 10.4 Å². The van der Waals surface area contributed by atoms with Crippen LogP contribution < -0.4 is 15.5 Å². The number of thioether (sulfide) groups is 1. The molecule has 168 valence electrons. The topological polar surface area (TPSA) is 87.7 Å². The summed E-state index contributed by atoms with van der Waals surface area (Å²) in [6.07, 6.45) is 0. The number of rotatable bonds is 6. The summed E-state index contributed by atoms with van der Waals surface area (Å²) in [5.74, 6) is 0.0501. The summed E-state index contributed by atoms with van der Waals surface area (Å²) in [4.78, 5) is 37.5. The molecule has 7 nitrogen and oxygen atoms in total. The van der Waals surface area contributed by atoms with Crippen LogP contribution in [-0.4, -0.2) is 35.6 Å².